The van der Waals surface area contributed by atoms with Gasteiger partial charge in [0.2, 0.25) is 0 Å². The van der Waals surface area contributed by atoms with E-state index in [0.717, 1.165) is 43.7 Å². The smallest absolute Gasteiger partial charge is 0.162 e. The molecule has 72 valence electrons. The first kappa shape index (κ1) is 8.60. The Balaban J connectivity index is 2.19. The molecular weight excluding hydrogens is 164 g/mol. The fourth-order valence-corrected chi connectivity index (χ4v) is 1.99. The minimum absolute atomic E-state index is 0.329. The molecule has 0 amide bonds. The van der Waals surface area contributed by atoms with Crippen LogP contribution in [-0.2, 0) is 4.79 Å². The van der Waals surface area contributed by atoms with E-state index >= 15 is 0 Å². The van der Waals surface area contributed by atoms with Gasteiger partial charge in [0, 0.05) is 25.1 Å². The molecule has 1 heterocycles. The van der Waals surface area contributed by atoms with Crippen molar-refractivity contribution in [3.63, 3.8) is 0 Å². The zero-order chi connectivity index (χ0) is 9.26. The number of nitrogens with one attached hydrogen (secondary N) is 2. The highest BCUT2D eigenvalue weighted by Crippen LogP contribution is 2.26. The topological polar surface area (TPSA) is 41.1 Å². The van der Waals surface area contributed by atoms with E-state index in [4.69, 9.17) is 0 Å². The maximum Gasteiger partial charge on any atom is 0.162 e. The summed E-state index contributed by atoms with van der Waals surface area (Å²) in [6, 6.07) is 0. The quantitative estimate of drug-likeness (QED) is 0.541. The first-order chi connectivity index (χ1) is 6.27. The third kappa shape index (κ3) is 1.69. The Bertz CT molecular complexity index is 250. The molecular formula is C10H16N2O. The van der Waals surface area contributed by atoms with Crippen LogP contribution >= 0.6 is 0 Å². The van der Waals surface area contributed by atoms with Gasteiger partial charge < -0.3 is 10.6 Å². The molecule has 1 saturated carbocycles. The first-order valence-electron chi connectivity index (χ1n) is 5.01. The van der Waals surface area contributed by atoms with E-state index in [1.807, 2.05) is 0 Å². The molecule has 13 heavy (non-hydrogen) atoms. The summed E-state index contributed by atoms with van der Waals surface area (Å²) in [5, 5.41) is 6.45. The van der Waals surface area contributed by atoms with E-state index in [2.05, 4.69) is 17.6 Å². The van der Waals surface area contributed by atoms with E-state index in [1.54, 1.807) is 0 Å². The Hall–Kier alpha value is -0.990. The number of ketones is 1. The van der Waals surface area contributed by atoms with Gasteiger partial charge in [0.05, 0.1) is 0 Å². The van der Waals surface area contributed by atoms with Crippen molar-refractivity contribution in [2.24, 2.45) is 5.92 Å². The summed E-state index contributed by atoms with van der Waals surface area (Å²) in [5.41, 5.74) is 0.997. The van der Waals surface area contributed by atoms with Gasteiger partial charge >= 0.3 is 0 Å². The zero-order valence-electron chi connectivity index (χ0n) is 8.02. The highest BCUT2D eigenvalue weighted by atomic mass is 16.1. The van der Waals surface area contributed by atoms with Crippen LogP contribution in [0.5, 0.6) is 0 Å². The predicted molar refractivity (Wildman–Crippen MR) is 51.1 cm³/mol. The second-order valence-corrected chi connectivity index (χ2v) is 3.98. The molecule has 1 aliphatic heterocycles. The van der Waals surface area contributed by atoms with E-state index in [1.165, 1.54) is 0 Å². The largest absolute Gasteiger partial charge is 0.370 e. The molecule has 0 aromatic heterocycles. The lowest BCUT2D eigenvalue weighted by Gasteiger charge is -2.21. The van der Waals surface area contributed by atoms with Gasteiger partial charge in [0.25, 0.3) is 0 Å². The Labute approximate surface area is 78.6 Å². The lowest BCUT2D eigenvalue weighted by Crippen LogP contribution is -2.23. The second kappa shape index (κ2) is 3.40. The number of carbonyl (C=O) groups is 1. The molecule has 0 aromatic rings. The molecule has 1 aliphatic carbocycles. The summed E-state index contributed by atoms with van der Waals surface area (Å²) in [7, 11) is 0. The molecule has 0 unspecified atom stereocenters. The van der Waals surface area contributed by atoms with Crippen LogP contribution in [-0.4, -0.2) is 18.9 Å². The third-order valence-corrected chi connectivity index (χ3v) is 2.78. The molecule has 2 fully saturated rings. The summed E-state index contributed by atoms with van der Waals surface area (Å²) in [5.74, 6) is 1.98. The molecule has 0 bridgehead atoms. The van der Waals surface area contributed by atoms with E-state index in [9.17, 15) is 4.79 Å². The number of hydrogen-bond donors (Lipinski definition) is 2. The minimum atomic E-state index is 0.329. The lowest BCUT2D eigenvalue weighted by molar-refractivity contribution is -0.117. The standard InChI is InChI=1S/C10H16N2O/c1-7-2-3-9(13)8(6-7)10-11-4-5-12-10/h7,11-12H,2-6H2,1H3/t7-/m0/s1. The van der Waals surface area contributed by atoms with Gasteiger partial charge in [0.1, 0.15) is 5.82 Å². The van der Waals surface area contributed by atoms with Crippen LogP contribution in [0.3, 0.4) is 0 Å². The predicted octanol–water partition coefficient (Wildman–Crippen LogP) is 0.780. The van der Waals surface area contributed by atoms with Gasteiger partial charge in [-0.1, -0.05) is 6.92 Å². The van der Waals surface area contributed by atoms with Crippen LogP contribution < -0.4 is 10.6 Å². The maximum atomic E-state index is 11.6. The Morgan fingerprint density at radius 2 is 2.00 bits per heavy atom. The molecule has 2 aliphatic rings. The number of hydrogen-bond acceptors (Lipinski definition) is 3. The highest BCUT2D eigenvalue weighted by molar-refractivity contribution is 5.96. The van der Waals surface area contributed by atoms with Gasteiger partial charge in [0.15, 0.2) is 5.78 Å². The van der Waals surface area contributed by atoms with Gasteiger partial charge in [-0.2, -0.15) is 0 Å². The van der Waals surface area contributed by atoms with Crippen LogP contribution in [0.15, 0.2) is 11.4 Å². The van der Waals surface area contributed by atoms with Crippen LogP contribution in [0.1, 0.15) is 26.2 Å². The minimum Gasteiger partial charge on any atom is -0.370 e. The van der Waals surface area contributed by atoms with Crippen molar-refractivity contribution in [1.82, 2.24) is 10.6 Å². The molecule has 3 heteroatoms. The Kier molecular flexibility index (Phi) is 2.25. The third-order valence-electron chi connectivity index (χ3n) is 2.78. The van der Waals surface area contributed by atoms with Crippen LogP contribution in [0.2, 0.25) is 0 Å². The van der Waals surface area contributed by atoms with Crippen molar-refractivity contribution < 1.29 is 4.79 Å². The molecule has 1 atom stereocenters. The lowest BCUT2D eigenvalue weighted by atomic mass is 9.86. The van der Waals surface area contributed by atoms with Crippen molar-refractivity contribution >= 4 is 5.78 Å². The first-order valence-corrected chi connectivity index (χ1v) is 5.01. The second-order valence-electron chi connectivity index (χ2n) is 3.98. The van der Waals surface area contributed by atoms with Gasteiger partial charge in [-0.3, -0.25) is 4.79 Å². The van der Waals surface area contributed by atoms with Crippen molar-refractivity contribution in [2.45, 2.75) is 26.2 Å². The molecule has 0 spiro atoms. The molecule has 2 N–H and O–H groups in total. The van der Waals surface area contributed by atoms with Crippen molar-refractivity contribution in [3.05, 3.63) is 11.4 Å². The normalized spacial score (nSPS) is 28.7. The molecule has 0 aromatic carbocycles. The fourth-order valence-electron chi connectivity index (χ4n) is 1.99. The summed E-state index contributed by atoms with van der Waals surface area (Å²) in [6.07, 6.45) is 2.72. The Morgan fingerprint density at radius 3 is 2.69 bits per heavy atom. The molecule has 1 saturated heterocycles. The van der Waals surface area contributed by atoms with Crippen molar-refractivity contribution in [2.75, 3.05) is 13.1 Å². The van der Waals surface area contributed by atoms with Crippen LogP contribution in [0.4, 0.5) is 0 Å². The average Bonchev–Trinajstić information content (AvgIpc) is 2.61. The average molecular weight is 180 g/mol. The highest BCUT2D eigenvalue weighted by Gasteiger charge is 2.24. The molecule has 0 radical (unpaired) electrons. The number of carbonyl (C=O) groups excluding carboxylic acids is 1. The van der Waals surface area contributed by atoms with Crippen LogP contribution in [0, 0.1) is 5.92 Å². The van der Waals surface area contributed by atoms with Gasteiger partial charge in [-0.25, -0.2) is 0 Å². The summed E-state index contributed by atoms with van der Waals surface area (Å²) in [6.45, 7) is 4.10. The van der Waals surface area contributed by atoms with Gasteiger partial charge in [-0.05, 0) is 18.8 Å². The number of rotatable bonds is 0. The summed E-state index contributed by atoms with van der Waals surface area (Å²) < 4.78 is 0. The molecule has 3 nitrogen and oxygen atoms in total. The summed E-state index contributed by atoms with van der Waals surface area (Å²) >= 11 is 0. The number of Topliss-reactive ketones (excluding diaryl/α,β-unsaturated/α-hetero) is 1. The van der Waals surface area contributed by atoms with Crippen molar-refractivity contribution in [3.8, 4) is 0 Å². The van der Waals surface area contributed by atoms with E-state index < -0.39 is 0 Å². The number of allylic oxidation sites excluding steroid dienone is 1. The van der Waals surface area contributed by atoms with E-state index in [0.29, 0.717) is 11.7 Å². The summed E-state index contributed by atoms with van der Waals surface area (Å²) in [4.78, 5) is 11.6. The van der Waals surface area contributed by atoms with Crippen LogP contribution in [0.25, 0.3) is 0 Å². The SMILES string of the molecule is C[C@H]1CCC(=O)C(=C2NCCN2)C1. The van der Waals surface area contributed by atoms with Gasteiger partial charge in [-0.15, -0.1) is 0 Å². The fraction of sp³-hybridized carbons (Fsp3) is 0.700. The molecule has 2 rings (SSSR count). The maximum absolute atomic E-state index is 11.6. The van der Waals surface area contributed by atoms with Crippen molar-refractivity contribution in [1.29, 1.82) is 0 Å². The zero-order valence-corrected chi connectivity index (χ0v) is 8.02. The van der Waals surface area contributed by atoms with E-state index in [-0.39, 0.29) is 0 Å². The Morgan fingerprint density at radius 1 is 1.31 bits per heavy atom. The monoisotopic (exact) mass is 180 g/mol.